The Hall–Kier alpha value is -4.29. The molecule has 1 atom stereocenters. The van der Waals surface area contributed by atoms with Crippen molar-refractivity contribution < 1.29 is 0 Å². The van der Waals surface area contributed by atoms with Crippen LogP contribution in [0.25, 0.3) is 48.4 Å². The minimum Gasteiger partial charge on any atom is -0.331 e. The lowest BCUT2D eigenvalue weighted by Gasteiger charge is -2.16. The Morgan fingerprint density at radius 1 is 0.886 bits per heavy atom. The van der Waals surface area contributed by atoms with Crippen LogP contribution in [0.5, 0.6) is 0 Å². The van der Waals surface area contributed by atoms with Crippen LogP contribution in [0.4, 0.5) is 0 Å². The van der Waals surface area contributed by atoms with Crippen molar-refractivity contribution in [2.75, 3.05) is 6.54 Å². The van der Waals surface area contributed by atoms with Crippen LogP contribution in [0.1, 0.15) is 11.6 Å². The van der Waals surface area contributed by atoms with E-state index in [4.69, 9.17) is 15.0 Å². The Labute approximate surface area is 205 Å². The Kier molecular flexibility index (Phi) is 3.87. The van der Waals surface area contributed by atoms with Crippen LogP contribution in [0, 0.1) is 0 Å². The molecule has 2 aliphatic rings. The van der Waals surface area contributed by atoms with Gasteiger partial charge in [0.05, 0.1) is 34.0 Å². The predicted molar refractivity (Wildman–Crippen MR) is 144 cm³/mol. The third-order valence-corrected chi connectivity index (χ3v) is 7.91. The van der Waals surface area contributed by atoms with E-state index in [-0.39, 0.29) is 6.04 Å². The number of aliphatic imine (C=N–C) groups is 1. The van der Waals surface area contributed by atoms with Crippen molar-refractivity contribution in [1.82, 2.24) is 19.3 Å². The Morgan fingerprint density at radius 3 is 2.77 bits per heavy atom. The smallest absolute Gasteiger partial charge is 0.195 e. The number of nitrogens with zero attached hydrogens (tertiary/aromatic N) is 5. The molecule has 6 aromatic rings. The summed E-state index contributed by atoms with van der Waals surface area (Å²) in [4.78, 5) is 18.5. The molecule has 3 aromatic carbocycles. The molecule has 1 unspecified atom stereocenters. The number of para-hydroxylation sites is 2. The van der Waals surface area contributed by atoms with Crippen molar-refractivity contribution >= 4 is 54.3 Å². The summed E-state index contributed by atoms with van der Waals surface area (Å²) < 4.78 is 3.51. The number of hydrogen-bond acceptors (Lipinski definition) is 5. The summed E-state index contributed by atoms with van der Waals surface area (Å²) >= 11 is 1.72. The van der Waals surface area contributed by atoms with Crippen LogP contribution in [0.2, 0.25) is 0 Å². The molecule has 0 N–H and O–H groups in total. The zero-order valence-corrected chi connectivity index (χ0v) is 19.5. The molecule has 0 fully saturated rings. The molecule has 0 radical (unpaired) electrons. The van der Waals surface area contributed by atoms with E-state index in [1.807, 2.05) is 12.1 Å². The van der Waals surface area contributed by atoms with Gasteiger partial charge in [-0.1, -0.05) is 65.9 Å². The second-order valence-electron chi connectivity index (χ2n) is 8.96. The quantitative estimate of drug-likeness (QED) is 0.282. The fourth-order valence-electron chi connectivity index (χ4n) is 5.27. The summed E-state index contributed by atoms with van der Waals surface area (Å²) in [6, 6.07) is 25.6. The fraction of sp³-hybridized carbons (Fsp3) is 0.0690. The lowest BCUT2D eigenvalue weighted by atomic mass is 10.0. The molecule has 8 rings (SSSR count). The highest BCUT2D eigenvalue weighted by molar-refractivity contribution is 7.23. The Balaban J connectivity index is 1.40. The molecule has 0 spiro atoms. The molecule has 0 saturated carbocycles. The molecule has 5 nitrogen and oxygen atoms in total. The predicted octanol–water partition coefficient (Wildman–Crippen LogP) is 6.76. The zero-order valence-electron chi connectivity index (χ0n) is 18.7. The molecule has 35 heavy (non-hydrogen) atoms. The van der Waals surface area contributed by atoms with Gasteiger partial charge in [-0.25, -0.2) is 9.97 Å². The van der Waals surface area contributed by atoms with Crippen molar-refractivity contribution in [3.8, 4) is 11.3 Å². The van der Waals surface area contributed by atoms with E-state index >= 15 is 0 Å². The summed E-state index contributed by atoms with van der Waals surface area (Å²) in [5.74, 6) is 1.02. The van der Waals surface area contributed by atoms with Crippen LogP contribution in [-0.4, -0.2) is 31.6 Å². The highest BCUT2D eigenvalue weighted by Crippen LogP contribution is 2.38. The highest BCUT2D eigenvalue weighted by atomic mass is 32.1. The maximum atomic E-state index is 5.20. The molecular formula is C29H19N5S. The number of amidine groups is 1. The number of rotatable bonds is 2. The van der Waals surface area contributed by atoms with Crippen LogP contribution >= 0.6 is 11.3 Å². The summed E-state index contributed by atoms with van der Waals surface area (Å²) in [6.07, 6.45) is 8.27. The second-order valence-corrected chi connectivity index (χ2v) is 9.97. The van der Waals surface area contributed by atoms with E-state index in [0.717, 1.165) is 50.5 Å². The van der Waals surface area contributed by atoms with Crippen molar-refractivity contribution in [2.45, 2.75) is 6.04 Å². The van der Waals surface area contributed by atoms with E-state index in [1.54, 1.807) is 11.3 Å². The van der Waals surface area contributed by atoms with Gasteiger partial charge in [-0.2, -0.15) is 0 Å². The third-order valence-electron chi connectivity index (χ3n) is 6.89. The van der Waals surface area contributed by atoms with E-state index in [2.05, 4.69) is 94.4 Å². The third kappa shape index (κ3) is 2.77. The maximum Gasteiger partial charge on any atom is 0.195 e. The first-order valence-corrected chi connectivity index (χ1v) is 12.5. The molecule has 2 aliphatic heterocycles. The summed E-state index contributed by atoms with van der Waals surface area (Å²) in [6.45, 7) is 0.853. The van der Waals surface area contributed by atoms with E-state index < -0.39 is 0 Å². The number of imidazole rings is 1. The fourth-order valence-corrected chi connectivity index (χ4v) is 6.29. The number of benzene rings is 3. The summed E-state index contributed by atoms with van der Waals surface area (Å²) in [5.41, 5.74) is 7.44. The molecule has 0 saturated heterocycles. The summed E-state index contributed by atoms with van der Waals surface area (Å²) in [5, 5.41) is 1.08. The van der Waals surface area contributed by atoms with Crippen LogP contribution < -0.4 is 0 Å². The normalized spacial score (nSPS) is 17.2. The van der Waals surface area contributed by atoms with Gasteiger partial charge in [0.25, 0.3) is 0 Å². The first-order chi connectivity index (χ1) is 17.3. The van der Waals surface area contributed by atoms with E-state index in [1.165, 1.54) is 15.8 Å². The largest absolute Gasteiger partial charge is 0.331 e. The van der Waals surface area contributed by atoms with Crippen LogP contribution in [-0.2, 0) is 0 Å². The van der Waals surface area contributed by atoms with Gasteiger partial charge in [-0.15, -0.1) is 0 Å². The van der Waals surface area contributed by atoms with E-state index in [9.17, 15) is 0 Å². The van der Waals surface area contributed by atoms with Gasteiger partial charge in [-0.05, 0) is 42.0 Å². The lowest BCUT2D eigenvalue weighted by molar-refractivity contribution is 0.550. The highest BCUT2D eigenvalue weighted by Gasteiger charge is 2.25. The van der Waals surface area contributed by atoms with Gasteiger partial charge >= 0.3 is 0 Å². The summed E-state index contributed by atoms with van der Waals surface area (Å²) in [7, 11) is 0. The minimum absolute atomic E-state index is 0.0979. The number of thiazole rings is 1. The van der Waals surface area contributed by atoms with Crippen molar-refractivity contribution in [3.63, 3.8) is 0 Å². The topological polar surface area (TPSA) is 45.8 Å². The lowest BCUT2D eigenvalue weighted by Crippen LogP contribution is -2.21. The molecule has 3 aromatic heterocycles. The Morgan fingerprint density at radius 2 is 1.80 bits per heavy atom. The number of allylic oxidation sites excluding steroid dienone is 2. The van der Waals surface area contributed by atoms with Crippen molar-refractivity contribution in [2.24, 2.45) is 4.99 Å². The average Bonchev–Trinajstić information content (AvgIpc) is 3.60. The average molecular weight is 470 g/mol. The molecule has 5 heterocycles. The van der Waals surface area contributed by atoms with Gasteiger partial charge < -0.3 is 4.90 Å². The Bertz CT molecular complexity index is 1900. The van der Waals surface area contributed by atoms with Gasteiger partial charge in [0.2, 0.25) is 0 Å². The van der Waals surface area contributed by atoms with Gasteiger partial charge in [0.1, 0.15) is 16.9 Å². The number of aromatic nitrogens is 3. The monoisotopic (exact) mass is 469 g/mol. The number of pyridine rings is 1. The van der Waals surface area contributed by atoms with Crippen molar-refractivity contribution in [3.05, 3.63) is 103 Å². The van der Waals surface area contributed by atoms with E-state index in [0.29, 0.717) is 0 Å². The first-order valence-electron chi connectivity index (χ1n) is 11.7. The zero-order chi connectivity index (χ0) is 22.9. The number of fused-ring (bicyclic) bond motifs is 8. The first kappa shape index (κ1) is 19.1. The SMILES string of the molecule is C1=CC2=NC(c3cccc(-c4nc5ccccc5c5nc6sc7ccccc7n6c45)c3)CN2C=C1. The molecule has 0 aliphatic carbocycles. The molecule has 0 bridgehead atoms. The van der Waals surface area contributed by atoms with Crippen molar-refractivity contribution in [1.29, 1.82) is 0 Å². The number of hydrogen-bond donors (Lipinski definition) is 0. The molecule has 0 amide bonds. The molecular weight excluding hydrogens is 450 g/mol. The minimum atomic E-state index is 0.0979. The van der Waals surface area contributed by atoms with Gasteiger partial charge in [0.15, 0.2) is 4.96 Å². The molecule has 166 valence electrons. The molecule has 6 heteroatoms. The standard InChI is InChI=1S/C29H19N5S/c1-2-11-21-20(10-1)27-28(34-23-12-3-4-13-24(23)35-29(34)32-27)26(31-21)19-9-7-8-18(16-19)22-17-33-15-6-5-14-25(33)30-22/h1-16,22H,17H2. The van der Waals surface area contributed by atoms with Crippen LogP contribution in [0.3, 0.4) is 0 Å². The second kappa shape index (κ2) is 7.10. The maximum absolute atomic E-state index is 5.20. The van der Waals surface area contributed by atoms with Gasteiger partial charge in [-0.3, -0.25) is 9.39 Å². The van der Waals surface area contributed by atoms with Gasteiger partial charge in [0, 0.05) is 17.1 Å². The van der Waals surface area contributed by atoms with Crippen LogP contribution in [0.15, 0.2) is 102 Å².